The van der Waals surface area contributed by atoms with Gasteiger partial charge in [0, 0.05) is 11.8 Å². The fourth-order valence-corrected chi connectivity index (χ4v) is 4.25. The Morgan fingerprint density at radius 3 is 1.97 bits per heavy atom. The molecule has 2 atom stereocenters. The van der Waals surface area contributed by atoms with Gasteiger partial charge in [-0.2, -0.15) is 13.2 Å². The van der Waals surface area contributed by atoms with Gasteiger partial charge in [0.25, 0.3) is 0 Å². The van der Waals surface area contributed by atoms with Crippen LogP contribution in [0.3, 0.4) is 0 Å². The highest BCUT2D eigenvalue weighted by Gasteiger charge is 2.44. The van der Waals surface area contributed by atoms with Gasteiger partial charge in [0.15, 0.2) is 9.84 Å². The van der Waals surface area contributed by atoms with E-state index in [9.17, 15) is 26.4 Å². The summed E-state index contributed by atoms with van der Waals surface area (Å²) in [6.07, 6.45) is -0.972. The number of alkyl halides is 3. The Morgan fingerprint density at radius 2 is 1.55 bits per heavy atom. The number of amides is 1. The third kappa shape index (κ3) is 6.57. The van der Waals surface area contributed by atoms with Crippen molar-refractivity contribution < 1.29 is 26.4 Å². The van der Waals surface area contributed by atoms with E-state index < -0.39 is 34.0 Å². The van der Waals surface area contributed by atoms with E-state index in [2.05, 4.69) is 10.6 Å². The molecular weight excluding hydrogens is 453 g/mol. The van der Waals surface area contributed by atoms with Crippen LogP contribution in [0, 0.1) is 0 Å². The lowest BCUT2D eigenvalue weighted by Gasteiger charge is -2.28. The van der Waals surface area contributed by atoms with Crippen molar-refractivity contribution >= 4 is 15.7 Å². The number of carbonyl (C=O) groups excluding carboxylic acids is 1. The number of sulfone groups is 1. The zero-order valence-electron chi connectivity index (χ0n) is 18.9. The summed E-state index contributed by atoms with van der Waals surface area (Å²) < 4.78 is 65.1. The lowest BCUT2D eigenvalue weighted by molar-refractivity contribution is -0.161. The maximum Gasteiger partial charge on any atom is 0.407 e. The van der Waals surface area contributed by atoms with E-state index in [1.165, 1.54) is 24.3 Å². The molecule has 1 aliphatic carbocycles. The highest BCUT2D eigenvalue weighted by Crippen LogP contribution is 2.36. The quantitative estimate of drug-likeness (QED) is 0.539. The van der Waals surface area contributed by atoms with Crippen LogP contribution in [-0.2, 0) is 14.6 Å². The molecule has 1 fully saturated rings. The molecule has 0 unspecified atom stereocenters. The summed E-state index contributed by atoms with van der Waals surface area (Å²) in [4.78, 5) is 12.8. The first-order valence-electron chi connectivity index (χ1n) is 10.9. The molecule has 0 aromatic heterocycles. The van der Waals surface area contributed by atoms with Gasteiger partial charge in [0.05, 0.1) is 10.9 Å². The van der Waals surface area contributed by atoms with E-state index in [0.717, 1.165) is 19.1 Å². The monoisotopic (exact) mass is 482 g/mol. The first-order valence-corrected chi connectivity index (χ1v) is 12.8. The Morgan fingerprint density at radius 1 is 1.03 bits per heavy atom. The summed E-state index contributed by atoms with van der Waals surface area (Å²) in [7, 11) is -3.33. The van der Waals surface area contributed by atoms with Gasteiger partial charge in [-0.3, -0.25) is 10.1 Å². The van der Waals surface area contributed by atoms with Gasteiger partial charge in [0.1, 0.15) is 6.04 Å². The van der Waals surface area contributed by atoms with Crippen LogP contribution in [0.4, 0.5) is 13.2 Å². The van der Waals surface area contributed by atoms with Crippen LogP contribution >= 0.6 is 0 Å². The molecule has 1 aliphatic rings. The van der Waals surface area contributed by atoms with Crippen LogP contribution in [0.2, 0.25) is 0 Å². The Hall–Kier alpha value is -2.39. The normalized spacial score (nSPS) is 17.3. The Balaban J connectivity index is 1.81. The maximum atomic E-state index is 13.9. The first-order chi connectivity index (χ1) is 15.3. The van der Waals surface area contributed by atoms with Crippen LogP contribution in [0.25, 0.3) is 11.1 Å². The summed E-state index contributed by atoms with van der Waals surface area (Å²) in [5.41, 5.74) is 1.04. The number of hydrogen-bond acceptors (Lipinski definition) is 4. The van der Waals surface area contributed by atoms with Gasteiger partial charge in [-0.25, -0.2) is 8.42 Å². The van der Waals surface area contributed by atoms with Crippen molar-refractivity contribution in [1.29, 1.82) is 0 Å². The molecule has 33 heavy (non-hydrogen) atoms. The van der Waals surface area contributed by atoms with Crippen molar-refractivity contribution in [2.45, 2.75) is 68.2 Å². The number of carbonyl (C=O) groups is 1. The van der Waals surface area contributed by atoms with Crippen LogP contribution < -0.4 is 10.6 Å². The van der Waals surface area contributed by atoms with Crippen LogP contribution in [0.5, 0.6) is 0 Å². The van der Waals surface area contributed by atoms with Gasteiger partial charge in [-0.05, 0) is 55.0 Å². The number of nitrogens with one attached hydrogen (secondary N) is 2. The second-order valence-corrected chi connectivity index (χ2v) is 11.0. The highest BCUT2D eigenvalue weighted by molar-refractivity contribution is 7.90. The Labute approximate surface area is 192 Å². The zero-order valence-corrected chi connectivity index (χ0v) is 19.7. The van der Waals surface area contributed by atoms with Crippen molar-refractivity contribution in [3.8, 4) is 11.1 Å². The minimum atomic E-state index is -4.59. The Kier molecular flexibility index (Phi) is 7.24. The fourth-order valence-electron chi connectivity index (χ4n) is 3.62. The van der Waals surface area contributed by atoms with Crippen LogP contribution in [0.15, 0.2) is 53.4 Å². The van der Waals surface area contributed by atoms with Gasteiger partial charge >= 0.3 is 6.18 Å². The Bertz CT molecular complexity index is 1080. The van der Waals surface area contributed by atoms with Crippen molar-refractivity contribution in [1.82, 2.24) is 10.6 Å². The predicted octanol–water partition coefficient (Wildman–Crippen LogP) is 4.79. The molecule has 3 rings (SSSR count). The summed E-state index contributed by atoms with van der Waals surface area (Å²) >= 11 is 0. The molecule has 0 spiro atoms. The largest absolute Gasteiger partial charge is 0.407 e. The van der Waals surface area contributed by atoms with Crippen LogP contribution in [-0.4, -0.2) is 38.3 Å². The molecule has 2 aromatic rings. The second-order valence-electron chi connectivity index (χ2n) is 8.95. The molecule has 1 saturated carbocycles. The smallest absolute Gasteiger partial charge is 0.350 e. The standard InChI is InChI=1S/C24H29F3N2O3S/c1-4-5-20(22(30)29-23(2)14-15-23)28-21(24(25,26)27)18-8-6-16(7-9-18)17-10-12-19(13-11-17)33(3,31)32/h6-13,20-21,28H,4-5,14-15H2,1-3H3,(H,29,30)/t20-,21-/m0/s1. The van der Waals surface area contributed by atoms with Crippen molar-refractivity contribution in [3.63, 3.8) is 0 Å². The van der Waals surface area contributed by atoms with Crippen molar-refractivity contribution in [2.75, 3.05) is 6.26 Å². The molecule has 9 heteroatoms. The summed E-state index contributed by atoms with van der Waals surface area (Å²) in [5.74, 6) is -0.409. The van der Waals surface area contributed by atoms with E-state index in [0.29, 0.717) is 24.0 Å². The van der Waals surface area contributed by atoms with E-state index >= 15 is 0 Å². The van der Waals surface area contributed by atoms with Crippen LogP contribution in [0.1, 0.15) is 51.1 Å². The molecule has 0 radical (unpaired) electrons. The van der Waals surface area contributed by atoms with Crippen molar-refractivity contribution in [3.05, 3.63) is 54.1 Å². The summed E-state index contributed by atoms with van der Waals surface area (Å²) in [6.45, 7) is 3.71. The lowest BCUT2D eigenvalue weighted by atomic mass is 9.99. The maximum absolute atomic E-state index is 13.9. The summed E-state index contributed by atoms with van der Waals surface area (Å²) in [6, 6.07) is 9.10. The van der Waals surface area contributed by atoms with E-state index in [-0.39, 0.29) is 16.0 Å². The van der Waals surface area contributed by atoms with Gasteiger partial charge in [0.2, 0.25) is 5.91 Å². The number of rotatable bonds is 9. The highest BCUT2D eigenvalue weighted by atomic mass is 32.2. The van der Waals surface area contributed by atoms with E-state index in [1.807, 2.05) is 13.8 Å². The SMILES string of the molecule is CCC[C@H](N[C@@H](c1ccc(-c2ccc(S(C)(=O)=O)cc2)cc1)C(F)(F)F)C(=O)NC1(C)CC1. The lowest BCUT2D eigenvalue weighted by Crippen LogP contribution is -2.51. The average Bonchev–Trinajstić information content (AvgIpc) is 3.46. The number of hydrogen-bond donors (Lipinski definition) is 2. The minimum Gasteiger partial charge on any atom is -0.350 e. The fraction of sp³-hybridized carbons (Fsp3) is 0.458. The van der Waals surface area contributed by atoms with E-state index in [4.69, 9.17) is 0 Å². The molecule has 0 saturated heterocycles. The molecule has 1 amide bonds. The van der Waals surface area contributed by atoms with Crippen molar-refractivity contribution in [2.24, 2.45) is 0 Å². The third-order valence-electron chi connectivity index (χ3n) is 5.87. The molecule has 0 bridgehead atoms. The van der Waals surface area contributed by atoms with Gasteiger partial charge < -0.3 is 5.32 Å². The zero-order chi connectivity index (χ0) is 24.4. The molecule has 2 aromatic carbocycles. The topological polar surface area (TPSA) is 75.3 Å². The average molecular weight is 483 g/mol. The van der Waals surface area contributed by atoms with Gasteiger partial charge in [-0.15, -0.1) is 0 Å². The number of benzene rings is 2. The molecular formula is C24H29F3N2O3S. The third-order valence-corrected chi connectivity index (χ3v) is 7.00. The number of halogens is 3. The minimum absolute atomic E-state index is 0.00513. The summed E-state index contributed by atoms with van der Waals surface area (Å²) in [5, 5.41) is 5.40. The predicted molar refractivity (Wildman–Crippen MR) is 121 cm³/mol. The molecule has 5 nitrogen and oxygen atoms in total. The first kappa shape index (κ1) is 25.2. The molecule has 0 heterocycles. The molecule has 2 N–H and O–H groups in total. The molecule has 180 valence electrons. The van der Waals surface area contributed by atoms with E-state index in [1.54, 1.807) is 24.3 Å². The second kappa shape index (κ2) is 9.46. The van der Waals surface area contributed by atoms with Gasteiger partial charge in [-0.1, -0.05) is 49.7 Å². The molecule has 0 aliphatic heterocycles.